The van der Waals surface area contributed by atoms with E-state index < -0.39 is 0 Å². The lowest BCUT2D eigenvalue weighted by molar-refractivity contribution is -0.684. The highest BCUT2D eigenvalue weighted by atomic mass is 16.5. The summed E-state index contributed by atoms with van der Waals surface area (Å²) < 4.78 is 8.12. The number of likely N-dealkylation sites (N-methyl/N-ethyl adjacent to an activating group) is 1. The molecule has 1 aromatic carbocycles. The fourth-order valence-electron chi connectivity index (χ4n) is 3.05. The fraction of sp³-hybridized carbons (Fsp3) is 0.333. The number of aromatic nitrogens is 2. The van der Waals surface area contributed by atoms with Gasteiger partial charge >= 0.3 is 0 Å². The maximum atomic E-state index is 5.98. The van der Waals surface area contributed by atoms with Crippen LogP contribution in [-0.2, 0) is 6.54 Å². The van der Waals surface area contributed by atoms with Crippen molar-refractivity contribution in [1.82, 2.24) is 9.88 Å². The molecule has 1 aromatic heterocycles. The molecule has 0 radical (unpaired) electrons. The van der Waals surface area contributed by atoms with Gasteiger partial charge in [-0.2, -0.15) is 0 Å². The Morgan fingerprint density at radius 3 is 2.96 bits per heavy atom. The van der Waals surface area contributed by atoms with E-state index in [1.807, 2.05) is 48.6 Å². The van der Waals surface area contributed by atoms with Crippen LogP contribution in [0.2, 0.25) is 0 Å². The van der Waals surface area contributed by atoms with E-state index in [1.54, 1.807) is 0 Å². The smallest absolute Gasteiger partial charge is 0.250 e. The molecule has 0 amide bonds. The van der Waals surface area contributed by atoms with Crippen LogP contribution >= 0.6 is 0 Å². The van der Waals surface area contributed by atoms with E-state index in [0.29, 0.717) is 6.67 Å². The largest absolute Gasteiger partial charge is 0.439 e. The van der Waals surface area contributed by atoms with Gasteiger partial charge in [0.1, 0.15) is 6.67 Å². The van der Waals surface area contributed by atoms with Gasteiger partial charge in [-0.05, 0) is 26.2 Å². The van der Waals surface area contributed by atoms with Crippen molar-refractivity contribution in [3.8, 4) is 5.75 Å². The number of fused-ring (bicyclic) bond motifs is 2. The Bertz CT molecular complexity index is 832. The maximum Gasteiger partial charge on any atom is 0.250 e. The first-order valence-corrected chi connectivity index (χ1v) is 8.40. The van der Waals surface area contributed by atoms with Crippen LogP contribution in [0.5, 0.6) is 5.75 Å². The summed E-state index contributed by atoms with van der Waals surface area (Å²) in [7, 11) is 6.15. The third-order valence-corrected chi connectivity index (χ3v) is 4.46. The molecule has 130 valence electrons. The molecule has 2 aliphatic rings. The van der Waals surface area contributed by atoms with E-state index in [0.717, 1.165) is 47.6 Å². The van der Waals surface area contributed by atoms with Crippen LogP contribution in [0.1, 0.15) is 5.69 Å². The minimum Gasteiger partial charge on any atom is -0.439 e. The number of nitrogens with zero attached hydrogens (tertiary/aromatic N) is 4. The molecule has 7 heteroatoms. The van der Waals surface area contributed by atoms with Gasteiger partial charge in [0.2, 0.25) is 18.0 Å². The number of hydrogen-bond acceptors (Lipinski definition) is 6. The summed E-state index contributed by atoms with van der Waals surface area (Å²) >= 11 is 0. The topological polar surface area (TPSA) is 56.5 Å². The van der Waals surface area contributed by atoms with E-state index in [9.17, 15) is 0 Å². The lowest BCUT2D eigenvalue weighted by Crippen LogP contribution is -2.41. The number of para-hydroxylation sites is 2. The monoisotopic (exact) mass is 339 g/mol. The molecule has 2 aliphatic heterocycles. The van der Waals surface area contributed by atoms with E-state index >= 15 is 0 Å². The van der Waals surface area contributed by atoms with Crippen molar-refractivity contribution >= 4 is 23.3 Å². The van der Waals surface area contributed by atoms with Gasteiger partial charge in [0, 0.05) is 19.7 Å². The molecule has 0 aliphatic carbocycles. The molecule has 0 bridgehead atoms. The summed E-state index contributed by atoms with van der Waals surface area (Å²) in [5, 5.41) is 6.78. The minimum absolute atomic E-state index is 0.704. The van der Waals surface area contributed by atoms with Gasteiger partial charge in [-0.1, -0.05) is 12.1 Å². The molecule has 2 N–H and O–H groups in total. The number of anilines is 3. The summed E-state index contributed by atoms with van der Waals surface area (Å²) in [5.41, 5.74) is 2.95. The molecule has 2 aromatic rings. The van der Waals surface area contributed by atoms with Gasteiger partial charge in [-0.15, -0.1) is 4.98 Å². The second kappa shape index (κ2) is 6.25. The number of hydrogen-bond donors (Lipinski definition) is 2. The average molecular weight is 339 g/mol. The number of rotatable bonds is 4. The molecule has 0 spiro atoms. The minimum atomic E-state index is 0.704. The van der Waals surface area contributed by atoms with E-state index in [4.69, 9.17) is 4.74 Å². The maximum absolute atomic E-state index is 5.98. The molecule has 0 unspecified atom stereocenters. The third-order valence-electron chi connectivity index (χ3n) is 4.46. The second-order valence-corrected chi connectivity index (χ2v) is 6.49. The van der Waals surface area contributed by atoms with Crippen LogP contribution in [0.4, 0.5) is 17.2 Å². The zero-order chi connectivity index (χ0) is 17.4. The summed E-state index contributed by atoms with van der Waals surface area (Å²) in [6.07, 6.45) is 3.87. The second-order valence-electron chi connectivity index (χ2n) is 6.49. The Morgan fingerprint density at radius 2 is 2.16 bits per heavy atom. The van der Waals surface area contributed by atoms with E-state index in [2.05, 4.69) is 39.2 Å². The molecule has 7 nitrogen and oxygen atoms in total. The lowest BCUT2D eigenvalue weighted by Gasteiger charge is -2.12. The molecule has 4 rings (SSSR count). The van der Waals surface area contributed by atoms with E-state index in [-0.39, 0.29) is 0 Å². The number of benzene rings is 1. The predicted octanol–water partition coefficient (Wildman–Crippen LogP) is 1.55. The zero-order valence-electron chi connectivity index (χ0n) is 14.8. The molecule has 0 fully saturated rings. The zero-order valence-corrected chi connectivity index (χ0v) is 14.8. The first-order valence-electron chi connectivity index (χ1n) is 8.40. The molecule has 3 heterocycles. The normalized spacial score (nSPS) is 16.5. The van der Waals surface area contributed by atoms with Gasteiger partial charge in [0.25, 0.3) is 0 Å². The van der Waals surface area contributed by atoms with E-state index in [1.165, 1.54) is 0 Å². The van der Waals surface area contributed by atoms with Crippen molar-refractivity contribution in [2.24, 2.45) is 0 Å². The average Bonchev–Trinajstić information content (AvgIpc) is 3.20. The van der Waals surface area contributed by atoms with Crippen LogP contribution < -0.4 is 24.8 Å². The van der Waals surface area contributed by atoms with Crippen LogP contribution in [0.25, 0.3) is 6.08 Å². The molecular formula is C18H23N6O+. The van der Waals surface area contributed by atoms with Gasteiger partial charge in [-0.3, -0.25) is 5.32 Å². The highest BCUT2D eigenvalue weighted by Gasteiger charge is 2.27. The van der Waals surface area contributed by atoms with Gasteiger partial charge in [0.05, 0.1) is 12.2 Å². The number of nitrogens with one attached hydrogen (secondary N) is 2. The Morgan fingerprint density at radius 1 is 1.32 bits per heavy atom. The van der Waals surface area contributed by atoms with Crippen molar-refractivity contribution in [3.05, 3.63) is 42.2 Å². The van der Waals surface area contributed by atoms with Crippen LogP contribution in [-0.4, -0.2) is 44.2 Å². The fourth-order valence-corrected chi connectivity index (χ4v) is 3.05. The highest BCUT2D eigenvalue weighted by Crippen LogP contribution is 2.38. The molecule has 25 heavy (non-hydrogen) atoms. The van der Waals surface area contributed by atoms with Crippen molar-refractivity contribution in [2.75, 3.05) is 49.9 Å². The summed E-state index contributed by atoms with van der Waals surface area (Å²) in [6.45, 7) is 2.55. The lowest BCUT2D eigenvalue weighted by atomic mass is 10.3. The Kier molecular flexibility index (Phi) is 3.93. The van der Waals surface area contributed by atoms with Crippen LogP contribution in [0.15, 0.2) is 36.5 Å². The van der Waals surface area contributed by atoms with Crippen LogP contribution in [0.3, 0.4) is 0 Å². The first kappa shape index (κ1) is 15.7. The molecular weight excluding hydrogens is 316 g/mol. The Labute approximate surface area is 147 Å². The van der Waals surface area contributed by atoms with Crippen molar-refractivity contribution in [3.63, 3.8) is 0 Å². The summed E-state index contributed by atoms with van der Waals surface area (Å²) in [4.78, 5) is 8.85. The molecule has 0 saturated heterocycles. The summed E-state index contributed by atoms with van der Waals surface area (Å²) in [6, 6.07) is 8.02. The Balaban J connectivity index is 1.65. The van der Waals surface area contributed by atoms with Gasteiger partial charge in [-0.25, -0.2) is 4.57 Å². The van der Waals surface area contributed by atoms with Crippen molar-refractivity contribution in [2.45, 2.75) is 6.54 Å². The first-order chi connectivity index (χ1) is 12.1. The third kappa shape index (κ3) is 2.87. The predicted molar refractivity (Wildman–Crippen MR) is 98.5 cm³/mol. The van der Waals surface area contributed by atoms with Crippen molar-refractivity contribution in [1.29, 1.82) is 0 Å². The molecule has 0 saturated carbocycles. The SMILES string of the molecule is CN(C)CC[n+]1cnc(/C=C2\Oc3ccccc3N2C)c2c1NCN2. The Hall–Kier alpha value is -2.80. The van der Waals surface area contributed by atoms with Gasteiger partial charge < -0.3 is 19.9 Å². The van der Waals surface area contributed by atoms with Crippen molar-refractivity contribution < 1.29 is 9.30 Å². The van der Waals surface area contributed by atoms with Gasteiger partial charge in [0.15, 0.2) is 17.1 Å². The summed E-state index contributed by atoms with van der Waals surface area (Å²) in [5.74, 6) is 2.72. The quantitative estimate of drug-likeness (QED) is 0.825. The standard InChI is InChI=1S/C18H22N6O/c1-22(2)8-9-24-12-21-13(17-18(24)20-11-19-17)10-16-23(3)14-6-4-5-7-15(14)25-16/h4-7,10,12,19H,8-9,11H2,1-3H3/p+1/b16-10-. The molecule has 0 atom stereocenters. The number of ether oxygens (including phenoxy) is 1. The highest BCUT2D eigenvalue weighted by molar-refractivity contribution is 5.78. The van der Waals surface area contributed by atoms with Crippen LogP contribution in [0, 0.1) is 0 Å².